The Kier molecular flexibility index (Phi) is 5.89. The molecule has 1 aliphatic rings. The lowest BCUT2D eigenvalue weighted by molar-refractivity contribution is -0.111. The van der Waals surface area contributed by atoms with Crippen molar-refractivity contribution < 1.29 is 14.3 Å². The van der Waals surface area contributed by atoms with Crippen LogP contribution in [0.1, 0.15) is 46.6 Å². The number of amides is 1. The van der Waals surface area contributed by atoms with Gasteiger partial charge in [-0.15, -0.1) is 11.3 Å². The minimum Gasteiger partial charge on any atom is -0.462 e. The highest BCUT2D eigenvalue weighted by Gasteiger charge is 2.28. The normalized spacial score (nSPS) is 16.3. The smallest absolute Gasteiger partial charge is 0.341 e. The molecular weight excluding hydrogens is 346 g/mol. The van der Waals surface area contributed by atoms with E-state index >= 15 is 0 Å². The average molecular weight is 369 g/mol. The number of thiophene rings is 1. The van der Waals surface area contributed by atoms with Crippen molar-refractivity contribution in [3.63, 3.8) is 0 Å². The van der Waals surface area contributed by atoms with Gasteiger partial charge in [0.1, 0.15) is 5.00 Å². The third-order valence-corrected chi connectivity index (χ3v) is 5.62. The second kappa shape index (κ2) is 8.32. The topological polar surface area (TPSA) is 55.4 Å². The van der Waals surface area contributed by atoms with Crippen LogP contribution in [0.25, 0.3) is 6.08 Å². The van der Waals surface area contributed by atoms with E-state index in [1.807, 2.05) is 30.3 Å². The largest absolute Gasteiger partial charge is 0.462 e. The van der Waals surface area contributed by atoms with E-state index in [1.165, 1.54) is 22.3 Å². The first-order chi connectivity index (χ1) is 12.6. The molecule has 1 N–H and O–H groups in total. The first kappa shape index (κ1) is 18.4. The Morgan fingerprint density at radius 3 is 2.81 bits per heavy atom. The Bertz CT molecular complexity index is 823. The molecule has 0 radical (unpaired) electrons. The fourth-order valence-electron chi connectivity index (χ4n) is 3.15. The second-order valence-electron chi connectivity index (χ2n) is 6.51. The van der Waals surface area contributed by atoms with E-state index in [2.05, 4.69) is 12.2 Å². The summed E-state index contributed by atoms with van der Waals surface area (Å²) >= 11 is 1.50. The maximum atomic E-state index is 12.5. The number of carbonyl (C=O) groups excluding carboxylic acids is 2. The number of carbonyl (C=O) groups is 2. The van der Waals surface area contributed by atoms with Gasteiger partial charge in [0.05, 0.1) is 12.2 Å². The summed E-state index contributed by atoms with van der Waals surface area (Å²) in [6.45, 7) is 4.33. The third kappa shape index (κ3) is 4.22. The van der Waals surface area contributed by atoms with Crippen molar-refractivity contribution in [3.05, 3.63) is 58.0 Å². The molecule has 1 aromatic carbocycles. The highest BCUT2D eigenvalue weighted by atomic mass is 32.1. The number of fused-ring (bicyclic) bond motifs is 1. The summed E-state index contributed by atoms with van der Waals surface area (Å²) in [7, 11) is 0. The van der Waals surface area contributed by atoms with Crippen LogP contribution >= 0.6 is 11.3 Å². The fraction of sp³-hybridized carbons (Fsp3) is 0.333. The minimum atomic E-state index is -0.345. The third-order valence-electron chi connectivity index (χ3n) is 4.45. The van der Waals surface area contributed by atoms with Gasteiger partial charge in [0, 0.05) is 11.0 Å². The van der Waals surface area contributed by atoms with E-state index < -0.39 is 0 Å². The fourth-order valence-corrected chi connectivity index (χ4v) is 4.55. The molecule has 26 heavy (non-hydrogen) atoms. The van der Waals surface area contributed by atoms with Crippen LogP contribution in [-0.4, -0.2) is 18.5 Å². The predicted octanol–water partition coefficient (Wildman–Crippen LogP) is 4.70. The summed E-state index contributed by atoms with van der Waals surface area (Å²) in [5.41, 5.74) is 2.54. The van der Waals surface area contributed by atoms with Gasteiger partial charge in [0.25, 0.3) is 0 Å². The first-order valence-electron chi connectivity index (χ1n) is 8.94. The van der Waals surface area contributed by atoms with Crippen LogP contribution in [0.4, 0.5) is 5.00 Å². The molecule has 3 rings (SSSR count). The summed E-state index contributed by atoms with van der Waals surface area (Å²) in [5, 5.41) is 3.49. The van der Waals surface area contributed by atoms with Gasteiger partial charge in [0.2, 0.25) is 5.91 Å². The van der Waals surface area contributed by atoms with Crippen LogP contribution in [0.3, 0.4) is 0 Å². The highest BCUT2D eigenvalue weighted by molar-refractivity contribution is 7.17. The van der Waals surface area contributed by atoms with Gasteiger partial charge in [-0.25, -0.2) is 4.79 Å². The summed E-state index contributed by atoms with van der Waals surface area (Å²) in [6.07, 6.45) is 6.11. The zero-order chi connectivity index (χ0) is 18.5. The predicted molar refractivity (Wildman–Crippen MR) is 106 cm³/mol. The summed E-state index contributed by atoms with van der Waals surface area (Å²) in [4.78, 5) is 26.0. The van der Waals surface area contributed by atoms with Crippen molar-refractivity contribution >= 4 is 34.3 Å². The number of esters is 1. The monoisotopic (exact) mass is 369 g/mol. The molecule has 0 bridgehead atoms. The van der Waals surface area contributed by atoms with Gasteiger partial charge in [0.15, 0.2) is 0 Å². The molecule has 1 aromatic heterocycles. The molecule has 2 aromatic rings. The number of hydrogen-bond acceptors (Lipinski definition) is 4. The Balaban J connectivity index is 1.83. The van der Waals surface area contributed by atoms with E-state index in [-0.39, 0.29) is 11.9 Å². The first-order valence-corrected chi connectivity index (χ1v) is 9.76. The molecule has 1 atom stereocenters. The number of nitrogens with one attached hydrogen (secondary N) is 1. The van der Waals surface area contributed by atoms with Crippen molar-refractivity contribution in [2.24, 2.45) is 5.92 Å². The molecule has 0 unspecified atom stereocenters. The average Bonchev–Trinajstić information content (AvgIpc) is 2.98. The Hall–Kier alpha value is -2.40. The molecule has 1 heterocycles. The molecule has 0 spiro atoms. The number of anilines is 1. The van der Waals surface area contributed by atoms with E-state index in [9.17, 15) is 9.59 Å². The van der Waals surface area contributed by atoms with E-state index in [0.717, 1.165) is 30.4 Å². The Morgan fingerprint density at radius 2 is 2.08 bits per heavy atom. The highest BCUT2D eigenvalue weighted by Crippen LogP contribution is 2.40. The number of hydrogen-bond donors (Lipinski definition) is 1. The quantitative estimate of drug-likeness (QED) is 0.614. The molecule has 0 aliphatic heterocycles. The maximum absolute atomic E-state index is 12.5. The molecule has 5 heteroatoms. The van der Waals surface area contributed by atoms with Crippen LogP contribution in [-0.2, 0) is 22.4 Å². The van der Waals surface area contributed by atoms with Crippen LogP contribution in [0, 0.1) is 5.92 Å². The van der Waals surface area contributed by atoms with Crippen molar-refractivity contribution in [2.75, 3.05) is 11.9 Å². The SMILES string of the molecule is CCOC(=O)c1c(NC(=O)/C=C/c2ccccc2)sc2c1CC[C@@H](C)C2. The van der Waals surface area contributed by atoms with Crippen LogP contribution in [0.15, 0.2) is 36.4 Å². The maximum Gasteiger partial charge on any atom is 0.341 e. The number of rotatable bonds is 5. The lowest BCUT2D eigenvalue weighted by atomic mass is 9.88. The van der Waals surface area contributed by atoms with Crippen molar-refractivity contribution in [2.45, 2.75) is 33.1 Å². The van der Waals surface area contributed by atoms with E-state index in [4.69, 9.17) is 4.74 Å². The molecule has 0 fully saturated rings. The summed E-state index contributed by atoms with van der Waals surface area (Å²) in [6, 6.07) is 9.63. The van der Waals surface area contributed by atoms with Gasteiger partial charge in [-0.3, -0.25) is 4.79 Å². The lowest BCUT2D eigenvalue weighted by Crippen LogP contribution is -2.15. The van der Waals surface area contributed by atoms with Crippen LogP contribution < -0.4 is 5.32 Å². The van der Waals surface area contributed by atoms with Gasteiger partial charge in [-0.1, -0.05) is 37.3 Å². The molecule has 136 valence electrons. The molecule has 1 amide bonds. The standard InChI is InChI=1S/C21H23NO3S/c1-3-25-21(24)19-16-11-9-14(2)13-17(16)26-20(19)22-18(23)12-10-15-7-5-4-6-8-15/h4-8,10,12,14H,3,9,11,13H2,1-2H3,(H,22,23)/b12-10+/t14-/m1/s1. The zero-order valence-corrected chi connectivity index (χ0v) is 15.9. The van der Waals surface area contributed by atoms with Gasteiger partial charge < -0.3 is 10.1 Å². The molecule has 1 aliphatic carbocycles. The summed E-state index contributed by atoms with van der Waals surface area (Å²) < 4.78 is 5.23. The number of ether oxygens (including phenoxy) is 1. The van der Waals surface area contributed by atoms with E-state index in [0.29, 0.717) is 23.1 Å². The second-order valence-corrected chi connectivity index (χ2v) is 7.61. The molecular formula is C21H23NO3S. The molecule has 0 saturated carbocycles. The Morgan fingerprint density at radius 1 is 1.31 bits per heavy atom. The van der Waals surface area contributed by atoms with Crippen LogP contribution in [0.5, 0.6) is 0 Å². The van der Waals surface area contributed by atoms with Crippen LogP contribution in [0.2, 0.25) is 0 Å². The van der Waals surface area contributed by atoms with Gasteiger partial charge in [-0.05, 0) is 49.3 Å². The molecule has 4 nitrogen and oxygen atoms in total. The Labute approximate surface area is 157 Å². The van der Waals surface area contributed by atoms with Crippen molar-refractivity contribution in [3.8, 4) is 0 Å². The van der Waals surface area contributed by atoms with Crippen molar-refractivity contribution in [1.82, 2.24) is 0 Å². The minimum absolute atomic E-state index is 0.244. The summed E-state index contributed by atoms with van der Waals surface area (Å²) in [5.74, 6) is 0.00524. The number of benzene rings is 1. The zero-order valence-electron chi connectivity index (χ0n) is 15.1. The molecule has 0 saturated heterocycles. The lowest BCUT2D eigenvalue weighted by Gasteiger charge is -2.18. The van der Waals surface area contributed by atoms with Crippen molar-refractivity contribution in [1.29, 1.82) is 0 Å². The van der Waals surface area contributed by atoms with Gasteiger partial charge in [-0.2, -0.15) is 0 Å². The van der Waals surface area contributed by atoms with E-state index in [1.54, 1.807) is 13.0 Å². The van der Waals surface area contributed by atoms with Gasteiger partial charge >= 0.3 is 5.97 Å².